The van der Waals surface area contributed by atoms with E-state index in [1.165, 1.54) is 18.1 Å². The lowest BCUT2D eigenvalue weighted by Crippen LogP contribution is -2.33. The Hall–Kier alpha value is -2.15. The van der Waals surface area contributed by atoms with Gasteiger partial charge in [-0.05, 0) is 17.5 Å². The number of aliphatic hydroxyl groups excluding tert-OH is 1. The lowest BCUT2D eigenvalue weighted by atomic mass is 10.1. The van der Waals surface area contributed by atoms with Gasteiger partial charge in [-0.15, -0.1) is 0 Å². The maximum absolute atomic E-state index is 10.3. The Bertz CT molecular complexity index is 694. The summed E-state index contributed by atoms with van der Waals surface area (Å²) < 4.78 is 0. The summed E-state index contributed by atoms with van der Waals surface area (Å²) >= 11 is 1.05. The summed E-state index contributed by atoms with van der Waals surface area (Å²) in [5.74, 6) is -0.923. The van der Waals surface area contributed by atoms with Gasteiger partial charge in [0.15, 0.2) is 5.12 Å². The number of aliphatic hydroxyl groups is 1. The Morgan fingerprint density at radius 2 is 1.54 bits per heavy atom. The molecule has 2 atom stereocenters. The highest BCUT2D eigenvalue weighted by Gasteiger charge is 2.11. The second-order valence-electron chi connectivity index (χ2n) is 6.48. The summed E-state index contributed by atoms with van der Waals surface area (Å²) in [6, 6.07) is 20.6. The van der Waals surface area contributed by atoms with Crippen molar-refractivity contribution in [1.82, 2.24) is 5.32 Å². The largest absolute Gasteiger partial charge is 0.481 e. The molecule has 0 fully saturated rings. The van der Waals surface area contributed by atoms with Gasteiger partial charge in [0.25, 0.3) is 0 Å². The zero-order valence-corrected chi connectivity index (χ0v) is 17.2. The number of carbonyl (C=O) groups excluding carboxylic acids is 1. The maximum Gasteiger partial charge on any atom is 0.307 e. The first-order valence-electron chi connectivity index (χ1n) is 9.20. The minimum Gasteiger partial charge on any atom is -0.481 e. The summed E-state index contributed by atoms with van der Waals surface area (Å²) in [6.07, 6.45) is 0.851. The van der Waals surface area contributed by atoms with Gasteiger partial charge in [0.2, 0.25) is 0 Å². The van der Waals surface area contributed by atoms with Crippen molar-refractivity contribution in [2.24, 2.45) is 5.92 Å². The third-order valence-corrected chi connectivity index (χ3v) is 5.01. The summed E-state index contributed by atoms with van der Waals surface area (Å²) in [7, 11) is 0. The third-order valence-electron chi connectivity index (χ3n) is 3.94. The molecule has 0 aromatic heterocycles. The van der Waals surface area contributed by atoms with E-state index in [0.29, 0.717) is 5.75 Å². The van der Waals surface area contributed by atoms with Gasteiger partial charge < -0.3 is 15.5 Å². The molecule has 2 aromatic carbocycles. The number of aliphatic carboxylic acids is 1. The van der Waals surface area contributed by atoms with Crippen molar-refractivity contribution in [2.45, 2.75) is 32.9 Å². The Morgan fingerprint density at radius 3 is 2.00 bits per heavy atom. The minimum atomic E-state index is -0.853. The summed E-state index contributed by atoms with van der Waals surface area (Å²) in [4.78, 5) is 20.5. The van der Waals surface area contributed by atoms with E-state index in [0.717, 1.165) is 24.7 Å². The SMILES string of the molecule is CC(=O)SCC(C)C(=O)O.OC[C@H](Cc1ccccc1)NCc1ccccc1. The molecular weight excluding hydrogens is 374 g/mol. The highest BCUT2D eigenvalue weighted by atomic mass is 32.2. The molecule has 6 heteroatoms. The number of carboxylic acids is 1. The number of rotatable bonds is 9. The molecular formula is C22H29NO4S. The van der Waals surface area contributed by atoms with Crippen molar-refractivity contribution >= 4 is 22.8 Å². The van der Waals surface area contributed by atoms with E-state index >= 15 is 0 Å². The van der Waals surface area contributed by atoms with E-state index in [1.807, 2.05) is 36.4 Å². The molecule has 0 amide bonds. The molecule has 0 heterocycles. The smallest absolute Gasteiger partial charge is 0.307 e. The first kappa shape index (κ1) is 23.9. The van der Waals surface area contributed by atoms with E-state index in [2.05, 4.69) is 29.6 Å². The Kier molecular flexibility index (Phi) is 11.9. The molecule has 0 aliphatic rings. The first-order chi connectivity index (χ1) is 13.4. The van der Waals surface area contributed by atoms with Gasteiger partial charge in [0.05, 0.1) is 12.5 Å². The predicted octanol–water partition coefficient (Wildman–Crippen LogP) is 3.37. The number of benzene rings is 2. The predicted molar refractivity (Wildman–Crippen MR) is 114 cm³/mol. The molecule has 0 spiro atoms. The van der Waals surface area contributed by atoms with Crippen LogP contribution in [0.3, 0.4) is 0 Å². The van der Waals surface area contributed by atoms with E-state index < -0.39 is 11.9 Å². The van der Waals surface area contributed by atoms with Crippen molar-refractivity contribution in [2.75, 3.05) is 12.4 Å². The number of carboxylic acid groups (broad SMARTS) is 1. The molecule has 3 N–H and O–H groups in total. The summed E-state index contributed by atoms with van der Waals surface area (Å²) in [6.45, 7) is 3.96. The zero-order chi connectivity index (χ0) is 20.8. The van der Waals surface area contributed by atoms with Crippen LogP contribution in [0.4, 0.5) is 0 Å². The molecule has 2 rings (SSSR count). The van der Waals surface area contributed by atoms with Crippen LogP contribution in [0.1, 0.15) is 25.0 Å². The first-order valence-corrected chi connectivity index (χ1v) is 10.2. The van der Waals surface area contributed by atoms with Crippen molar-refractivity contribution in [1.29, 1.82) is 0 Å². The molecule has 152 valence electrons. The molecule has 0 aliphatic carbocycles. The fourth-order valence-electron chi connectivity index (χ4n) is 2.27. The van der Waals surface area contributed by atoms with Crippen molar-refractivity contribution < 1.29 is 19.8 Å². The number of nitrogens with one attached hydrogen (secondary N) is 1. The summed E-state index contributed by atoms with van der Waals surface area (Å²) in [5, 5.41) is 21.1. The molecule has 5 nitrogen and oxygen atoms in total. The third kappa shape index (κ3) is 10.9. The fourth-order valence-corrected chi connectivity index (χ4v) is 2.90. The van der Waals surface area contributed by atoms with Gasteiger partial charge in [-0.25, -0.2) is 0 Å². The second-order valence-corrected chi connectivity index (χ2v) is 7.67. The Labute approximate surface area is 171 Å². The van der Waals surface area contributed by atoms with E-state index in [9.17, 15) is 14.7 Å². The van der Waals surface area contributed by atoms with E-state index in [-0.39, 0.29) is 17.8 Å². The van der Waals surface area contributed by atoms with Crippen LogP contribution in [0.15, 0.2) is 60.7 Å². The highest BCUT2D eigenvalue weighted by molar-refractivity contribution is 8.13. The standard InChI is InChI=1S/C16H19NO.C6H10O3S/c18-13-16(11-14-7-3-1-4-8-14)17-12-15-9-5-2-6-10-15;1-4(6(8)9)3-10-5(2)7/h1-10,16-18H,11-13H2;4H,3H2,1-2H3,(H,8,9)/t16-;/m0./s1. The van der Waals surface area contributed by atoms with Crippen LogP contribution >= 0.6 is 11.8 Å². The van der Waals surface area contributed by atoms with Crippen molar-refractivity contribution in [3.8, 4) is 0 Å². The van der Waals surface area contributed by atoms with Crippen LogP contribution in [0, 0.1) is 5.92 Å². The van der Waals surface area contributed by atoms with Gasteiger partial charge in [0, 0.05) is 25.3 Å². The minimum absolute atomic E-state index is 0.0342. The average Bonchev–Trinajstić information content (AvgIpc) is 2.71. The molecule has 0 saturated heterocycles. The molecule has 1 unspecified atom stereocenters. The van der Waals surface area contributed by atoms with Gasteiger partial charge >= 0.3 is 5.97 Å². The van der Waals surface area contributed by atoms with Gasteiger partial charge in [-0.1, -0.05) is 79.3 Å². The van der Waals surface area contributed by atoms with Crippen LogP contribution in [0.5, 0.6) is 0 Å². The van der Waals surface area contributed by atoms with Crippen LogP contribution in [-0.4, -0.2) is 39.7 Å². The number of hydrogen-bond acceptors (Lipinski definition) is 5. The Morgan fingerprint density at radius 1 is 1.00 bits per heavy atom. The number of thioether (sulfide) groups is 1. The van der Waals surface area contributed by atoms with Crippen LogP contribution in [0.2, 0.25) is 0 Å². The van der Waals surface area contributed by atoms with Crippen LogP contribution in [0.25, 0.3) is 0 Å². The fraction of sp³-hybridized carbons (Fsp3) is 0.364. The van der Waals surface area contributed by atoms with Gasteiger partial charge in [0.1, 0.15) is 0 Å². The molecule has 2 aromatic rings. The molecule has 0 bridgehead atoms. The number of hydrogen-bond donors (Lipinski definition) is 3. The molecule has 0 radical (unpaired) electrons. The van der Waals surface area contributed by atoms with E-state index in [1.54, 1.807) is 6.92 Å². The topological polar surface area (TPSA) is 86.6 Å². The highest BCUT2D eigenvalue weighted by Crippen LogP contribution is 2.08. The maximum atomic E-state index is 10.3. The average molecular weight is 404 g/mol. The van der Waals surface area contributed by atoms with Crippen molar-refractivity contribution in [3.05, 3.63) is 71.8 Å². The lowest BCUT2D eigenvalue weighted by Gasteiger charge is -2.16. The normalized spacial score (nSPS) is 12.4. The molecule has 28 heavy (non-hydrogen) atoms. The van der Waals surface area contributed by atoms with Crippen LogP contribution < -0.4 is 5.32 Å². The summed E-state index contributed by atoms with van der Waals surface area (Å²) in [5.41, 5.74) is 2.49. The quantitative estimate of drug-likeness (QED) is 0.595. The van der Waals surface area contributed by atoms with E-state index in [4.69, 9.17) is 5.11 Å². The molecule has 0 saturated carbocycles. The lowest BCUT2D eigenvalue weighted by molar-refractivity contribution is -0.140. The zero-order valence-electron chi connectivity index (χ0n) is 16.4. The molecule has 0 aliphatic heterocycles. The van der Waals surface area contributed by atoms with Gasteiger partial charge in [-0.2, -0.15) is 0 Å². The Balaban J connectivity index is 0.000000336. The second kappa shape index (κ2) is 13.9. The van der Waals surface area contributed by atoms with Crippen molar-refractivity contribution in [3.63, 3.8) is 0 Å². The van der Waals surface area contributed by atoms with Crippen LogP contribution in [-0.2, 0) is 22.6 Å². The number of carbonyl (C=O) groups is 2. The monoisotopic (exact) mass is 403 g/mol. The van der Waals surface area contributed by atoms with Gasteiger partial charge in [-0.3, -0.25) is 9.59 Å².